The van der Waals surface area contributed by atoms with Crippen molar-refractivity contribution in [1.82, 2.24) is 0 Å². The number of benzene rings is 5. The Bertz CT molecular complexity index is 3490. The Morgan fingerprint density at radius 3 is 1.88 bits per heavy atom. The molecule has 0 unspecified atom stereocenters. The number of halogens is 1. The van der Waals surface area contributed by atoms with E-state index in [0.29, 0.717) is 12.0 Å². The highest BCUT2D eigenvalue weighted by Gasteiger charge is 2.44. The van der Waals surface area contributed by atoms with Gasteiger partial charge in [0, 0.05) is 56.0 Å². The Labute approximate surface area is 383 Å². The summed E-state index contributed by atoms with van der Waals surface area (Å²) in [5.41, 5.74) is 18.5. The van der Waals surface area contributed by atoms with Gasteiger partial charge in [-0.25, -0.2) is 0 Å². The van der Waals surface area contributed by atoms with E-state index in [1.165, 1.54) is 43.9 Å². The second kappa shape index (κ2) is 15.0. The Balaban J connectivity index is 1.31. The van der Waals surface area contributed by atoms with Gasteiger partial charge in [-0.2, -0.15) is 18.1 Å². The molecule has 0 radical (unpaired) electrons. The van der Waals surface area contributed by atoms with Gasteiger partial charge in [-0.05, 0) is 73.4 Å². The number of pyridine rings is 3. The molecule has 0 atom stereocenters. The van der Waals surface area contributed by atoms with Crippen LogP contribution >= 0.6 is 0 Å². The van der Waals surface area contributed by atoms with Crippen molar-refractivity contribution in [2.24, 2.45) is 0 Å². The van der Waals surface area contributed by atoms with Gasteiger partial charge in [0.15, 0.2) is 24.8 Å². The molecule has 0 spiro atoms. The summed E-state index contributed by atoms with van der Waals surface area (Å²) in [6, 6.07) is 46.4. The van der Waals surface area contributed by atoms with Crippen LogP contribution in [0.1, 0.15) is 33.4 Å². The van der Waals surface area contributed by atoms with E-state index in [0.717, 1.165) is 79.1 Å². The summed E-state index contributed by atoms with van der Waals surface area (Å²) in [6.45, 7) is 21.5. The molecule has 9 aromatic rings. The summed E-state index contributed by atoms with van der Waals surface area (Å²) in [7, 11) is -3.51. The number of rotatable bonds is 3. The normalized spacial score (nSPS) is 14.6. The third-order valence-corrected chi connectivity index (χ3v) is 17.9. The third-order valence-electron chi connectivity index (χ3n) is 13.8. The van der Waals surface area contributed by atoms with Crippen LogP contribution in [0.3, 0.4) is 0 Å². The second-order valence-corrected chi connectivity index (χ2v) is 30.6. The first kappa shape index (κ1) is 41.2. The maximum absolute atomic E-state index is 17.5. The minimum Gasteiger partial charge on any atom is -0.455 e. The standard InChI is InChI=1S/C58H55FN3OSi2/c1-36-28-37(2)55(38(3)29-36)48-31-52-56-47(25-24-46-45-20-14-15-21-54(45)63-58(46)56)57(62(52)35-49(48)59)53-30-39-16-10-12-18-43(39)50-26-22-41(64(4,5)6)33-60(50)32-40-17-11-13-19-44(40)51-27-23-42(34-61(51)53)65(7,8)9/h10-29,31,33-35H,30,32H2,1-9H3/q+3/b57-53-. The molecule has 0 bridgehead atoms. The zero-order chi connectivity index (χ0) is 45.1. The first-order valence-electron chi connectivity index (χ1n) is 22.9. The van der Waals surface area contributed by atoms with E-state index in [9.17, 15) is 0 Å². The average Bonchev–Trinajstić information content (AvgIpc) is 3.79. The molecule has 5 aromatic carbocycles. The van der Waals surface area contributed by atoms with Gasteiger partial charge in [0.2, 0.25) is 23.3 Å². The molecule has 6 heterocycles. The topological polar surface area (TPSA) is 24.8 Å². The van der Waals surface area contributed by atoms with Gasteiger partial charge < -0.3 is 4.42 Å². The first-order chi connectivity index (χ1) is 31.1. The highest BCUT2D eigenvalue weighted by Crippen LogP contribution is 2.46. The quantitative estimate of drug-likeness (QED) is 0.128. The van der Waals surface area contributed by atoms with Crippen molar-refractivity contribution in [2.75, 3.05) is 0 Å². The number of fused-ring (bicyclic) bond motifs is 13. The van der Waals surface area contributed by atoms with Crippen molar-refractivity contribution in [2.45, 2.75) is 73.0 Å². The molecule has 7 heteroatoms. The van der Waals surface area contributed by atoms with Gasteiger partial charge in [0.1, 0.15) is 16.7 Å². The van der Waals surface area contributed by atoms with Crippen molar-refractivity contribution in [1.29, 1.82) is 0 Å². The minimum absolute atomic E-state index is 0.262. The predicted octanol–water partition coefficient (Wildman–Crippen LogP) is 12.1. The van der Waals surface area contributed by atoms with E-state index in [-0.39, 0.29) is 5.82 Å². The second-order valence-electron chi connectivity index (χ2n) is 20.4. The molecule has 0 fully saturated rings. The van der Waals surface area contributed by atoms with E-state index in [1.54, 1.807) is 6.20 Å². The van der Waals surface area contributed by atoms with Gasteiger partial charge in [-0.1, -0.05) is 124 Å². The summed E-state index contributed by atoms with van der Waals surface area (Å²) in [4.78, 5) is 0. The van der Waals surface area contributed by atoms with Crippen molar-refractivity contribution < 1.29 is 22.5 Å². The molecule has 65 heavy (non-hydrogen) atoms. The number of nitrogens with zero attached hydrogens (tertiary/aromatic N) is 3. The summed E-state index contributed by atoms with van der Waals surface area (Å²) in [5, 5.41) is 4.89. The monoisotopic (exact) mass is 884 g/mol. The van der Waals surface area contributed by atoms with E-state index in [1.807, 2.05) is 12.1 Å². The van der Waals surface area contributed by atoms with Gasteiger partial charge in [0.25, 0.3) is 11.4 Å². The summed E-state index contributed by atoms with van der Waals surface area (Å²) in [5.74, 6) is -0.262. The molecule has 0 saturated carbocycles. The Kier molecular flexibility index (Phi) is 9.51. The van der Waals surface area contributed by atoms with Gasteiger partial charge in [-0.3, -0.25) is 0 Å². The summed E-state index contributed by atoms with van der Waals surface area (Å²) < 4.78 is 31.5. The number of furan rings is 1. The van der Waals surface area contributed by atoms with Crippen molar-refractivity contribution in [3.8, 4) is 44.9 Å². The fourth-order valence-electron chi connectivity index (χ4n) is 10.6. The number of hydrogen-bond acceptors (Lipinski definition) is 1. The van der Waals surface area contributed by atoms with Crippen LogP contribution in [0.4, 0.5) is 4.39 Å². The molecular formula is C58H55FN3OSi2+3. The molecule has 4 aromatic heterocycles. The predicted molar refractivity (Wildman–Crippen MR) is 270 cm³/mol. The molecule has 2 aliphatic heterocycles. The first-order valence-corrected chi connectivity index (χ1v) is 29.9. The molecule has 0 saturated heterocycles. The molecule has 0 aliphatic carbocycles. The number of hydrogen-bond donors (Lipinski definition) is 0. The van der Waals surface area contributed by atoms with Crippen LogP contribution in [0, 0.1) is 26.6 Å². The molecule has 11 rings (SSSR count). The van der Waals surface area contributed by atoms with E-state index in [2.05, 4.69) is 201 Å². The molecule has 0 amide bonds. The highest BCUT2D eigenvalue weighted by molar-refractivity contribution is 6.89. The summed E-state index contributed by atoms with van der Waals surface area (Å²) in [6.07, 6.45) is 7.16. The van der Waals surface area contributed by atoms with Crippen LogP contribution in [0.2, 0.25) is 39.3 Å². The molecular weight excluding hydrogens is 830 g/mol. The zero-order valence-electron chi connectivity index (χ0n) is 38.9. The van der Waals surface area contributed by atoms with Gasteiger partial charge in [0.05, 0.1) is 33.7 Å². The fraction of sp³-hybridized carbons (Fsp3) is 0.190. The van der Waals surface area contributed by atoms with Crippen LogP contribution < -0.4 is 24.1 Å². The summed E-state index contributed by atoms with van der Waals surface area (Å²) >= 11 is 0. The molecule has 2 aliphatic rings. The number of para-hydroxylation sites is 1. The third kappa shape index (κ3) is 6.78. The average molecular weight is 885 g/mol. The van der Waals surface area contributed by atoms with Crippen LogP contribution in [-0.2, 0) is 13.0 Å². The van der Waals surface area contributed by atoms with Crippen molar-refractivity contribution in [3.05, 3.63) is 185 Å². The highest BCUT2D eigenvalue weighted by atomic mass is 28.3. The lowest BCUT2D eigenvalue weighted by Crippen LogP contribution is -2.48. The maximum atomic E-state index is 17.5. The smallest absolute Gasteiger partial charge is 0.287 e. The van der Waals surface area contributed by atoms with Crippen LogP contribution in [0.5, 0.6) is 0 Å². The van der Waals surface area contributed by atoms with Gasteiger partial charge >= 0.3 is 0 Å². The maximum Gasteiger partial charge on any atom is 0.287 e. The van der Waals surface area contributed by atoms with Crippen molar-refractivity contribution in [3.63, 3.8) is 0 Å². The lowest BCUT2D eigenvalue weighted by Gasteiger charge is -2.17. The number of aryl methyl sites for hydroxylation is 3. The Morgan fingerprint density at radius 1 is 0.523 bits per heavy atom. The molecule has 4 nitrogen and oxygen atoms in total. The largest absolute Gasteiger partial charge is 0.455 e. The van der Waals surface area contributed by atoms with Gasteiger partial charge in [-0.15, -0.1) is 0 Å². The number of allylic oxidation sites excluding steroid dienone is 1. The van der Waals surface area contributed by atoms with Crippen molar-refractivity contribution >= 4 is 59.9 Å². The van der Waals surface area contributed by atoms with E-state index < -0.39 is 16.1 Å². The van der Waals surface area contributed by atoms with E-state index >= 15 is 4.39 Å². The fourth-order valence-corrected chi connectivity index (χ4v) is 12.8. The minimum atomic E-state index is -1.86. The zero-order valence-corrected chi connectivity index (χ0v) is 40.9. The Morgan fingerprint density at radius 2 is 1.15 bits per heavy atom. The van der Waals surface area contributed by atoms with Crippen LogP contribution in [0.15, 0.2) is 150 Å². The Hall–Kier alpha value is -6.55. The lowest BCUT2D eigenvalue weighted by atomic mass is 9.93. The number of aromatic nitrogens is 3. The lowest BCUT2D eigenvalue weighted by molar-refractivity contribution is -0.676. The van der Waals surface area contributed by atoms with E-state index in [4.69, 9.17) is 4.42 Å². The van der Waals surface area contributed by atoms with Crippen LogP contribution in [0.25, 0.3) is 78.2 Å². The SMILES string of the molecule is Cc1cc(C)c(-c2cc3[n+](cc2F)/C(=C2/Cc4ccccc4-c4ccc([Si](C)(C)C)c[n+]4Cc4ccccc4-c4ccc([Si](C)(C)C)c[n+]42)c2ccc4c(oc5ccccc54)c2-3)c(C)c1. The molecule has 0 N–H and O–H groups in total. The molecule has 320 valence electrons. The van der Waals surface area contributed by atoms with Crippen LogP contribution in [-0.4, -0.2) is 16.1 Å².